The van der Waals surface area contributed by atoms with Crippen molar-refractivity contribution in [3.8, 4) is 0 Å². The average molecular weight is 397 g/mol. The molecule has 0 aliphatic heterocycles. The van der Waals surface area contributed by atoms with Gasteiger partial charge in [-0.15, -0.1) is 0 Å². The SMILES string of the molecule is C[NH+]=C1C=CC(=[NH+]c2ccc([NH+]=C3C=CC(=[NH+]c4ccc(C)cc4)C=C3)cc2)CC1. The molecule has 0 fully saturated rings. The van der Waals surface area contributed by atoms with E-state index in [-0.39, 0.29) is 0 Å². The summed E-state index contributed by atoms with van der Waals surface area (Å²) in [5, 5.41) is 0. The van der Waals surface area contributed by atoms with E-state index in [0.717, 1.165) is 41.3 Å². The number of benzene rings is 2. The van der Waals surface area contributed by atoms with Crippen LogP contribution in [0.5, 0.6) is 0 Å². The summed E-state index contributed by atoms with van der Waals surface area (Å²) in [6, 6.07) is 16.8. The number of hydrogen-bond donors (Lipinski definition) is 4. The molecule has 0 heterocycles. The number of hydrogen-bond acceptors (Lipinski definition) is 0. The van der Waals surface area contributed by atoms with Crippen molar-refractivity contribution in [2.45, 2.75) is 19.8 Å². The first kappa shape index (κ1) is 19.6. The Morgan fingerprint density at radius 1 is 0.533 bits per heavy atom. The number of rotatable bonds is 3. The van der Waals surface area contributed by atoms with E-state index in [9.17, 15) is 0 Å². The first-order chi connectivity index (χ1) is 14.7. The summed E-state index contributed by atoms with van der Waals surface area (Å²) in [7, 11) is 1.97. The molecular formula is C26H28N4+4. The van der Waals surface area contributed by atoms with Crippen LogP contribution in [0.25, 0.3) is 0 Å². The van der Waals surface area contributed by atoms with Gasteiger partial charge in [0.05, 0.1) is 0 Å². The quantitative estimate of drug-likeness (QED) is 0.471. The second kappa shape index (κ2) is 9.23. The largest absolute Gasteiger partial charge is 0.248 e. The van der Waals surface area contributed by atoms with E-state index >= 15 is 0 Å². The Labute approximate surface area is 177 Å². The molecule has 4 N–H and O–H groups in total. The topological polar surface area (TPSA) is 55.9 Å². The lowest BCUT2D eigenvalue weighted by Gasteiger charge is -2.00. The Kier molecular flexibility index (Phi) is 6.04. The Bertz CT molecular complexity index is 1100. The van der Waals surface area contributed by atoms with Crippen molar-refractivity contribution in [2.24, 2.45) is 0 Å². The summed E-state index contributed by atoms with van der Waals surface area (Å²) in [5.74, 6) is 0. The maximum Gasteiger partial charge on any atom is 0.204 e. The van der Waals surface area contributed by atoms with Gasteiger partial charge < -0.3 is 0 Å². The first-order valence-corrected chi connectivity index (χ1v) is 10.3. The van der Waals surface area contributed by atoms with E-state index in [1.165, 1.54) is 17.0 Å². The van der Waals surface area contributed by atoms with Gasteiger partial charge in [0.15, 0.2) is 11.4 Å². The molecule has 2 aliphatic carbocycles. The van der Waals surface area contributed by atoms with Gasteiger partial charge in [0, 0.05) is 85.7 Å². The molecule has 0 saturated heterocycles. The van der Waals surface area contributed by atoms with Crippen LogP contribution in [0.1, 0.15) is 18.4 Å². The highest BCUT2D eigenvalue weighted by atomic mass is 14.8. The Morgan fingerprint density at radius 3 is 1.43 bits per heavy atom. The molecular weight excluding hydrogens is 368 g/mol. The normalized spacial score (nSPS) is 18.3. The van der Waals surface area contributed by atoms with E-state index < -0.39 is 0 Å². The molecule has 2 aromatic rings. The maximum absolute atomic E-state index is 3.50. The molecule has 0 unspecified atom stereocenters. The number of allylic oxidation sites excluding steroid dienone is 6. The summed E-state index contributed by atoms with van der Waals surface area (Å²) in [6.45, 7) is 2.09. The third kappa shape index (κ3) is 5.23. The highest BCUT2D eigenvalue weighted by molar-refractivity contribution is 6.14. The van der Waals surface area contributed by atoms with Crippen LogP contribution in [-0.2, 0) is 0 Å². The molecule has 30 heavy (non-hydrogen) atoms. The molecule has 4 heteroatoms. The van der Waals surface area contributed by atoms with Crippen molar-refractivity contribution in [3.05, 3.63) is 90.6 Å². The van der Waals surface area contributed by atoms with Gasteiger partial charge in [-0.25, -0.2) is 20.0 Å². The standard InChI is InChI=1S/C26H24N4/c1-19-3-5-21(6-4-19)28-23-11-13-25(14-12-23)30-26-17-15-24(16-18-26)29-22-9-7-20(27-2)8-10-22/h3-7,9,11-18H,8,10H2,1-2H3/p+4. The molecule has 2 aliphatic rings. The van der Waals surface area contributed by atoms with Gasteiger partial charge in [0.25, 0.3) is 0 Å². The summed E-state index contributed by atoms with van der Waals surface area (Å²) >= 11 is 0. The van der Waals surface area contributed by atoms with Crippen molar-refractivity contribution in [1.82, 2.24) is 0 Å². The van der Waals surface area contributed by atoms with E-state index in [0.29, 0.717) is 0 Å². The molecule has 2 aromatic carbocycles. The Morgan fingerprint density at radius 2 is 0.967 bits per heavy atom. The molecule has 4 nitrogen and oxygen atoms in total. The predicted molar refractivity (Wildman–Crippen MR) is 123 cm³/mol. The highest BCUT2D eigenvalue weighted by Gasteiger charge is 2.14. The lowest BCUT2D eigenvalue weighted by Crippen LogP contribution is -2.70. The smallest absolute Gasteiger partial charge is 0.204 e. The predicted octanol–water partition coefficient (Wildman–Crippen LogP) is -1.22. The monoisotopic (exact) mass is 396 g/mol. The second-order valence-electron chi connectivity index (χ2n) is 7.53. The van der Waals surface area contributed by atoms with Crippen molar-refractivity contribution < 1.29 is 20.0 Å². The zero-order valence-corrected chi connectivity index (χ0v) is 17.5. The minimum atomic E-state index is 1.02. The van der Waals surface area contributed by atoms with Crippen LogP contribution in [-0.4, -0.2) is 29.9 Å². The summed E-state index contributed by atoms with van der Waals surface area (Å²) in [5.41, 5.74) is 9.17. The van der Waals surface area contributed by atoms with Gasteiger partial charge in [0.1, 0.15) is 7.05 Å². The fourth-order valence-corrected chi connectivity index (χ4v) is 3.38. The molecule has 4 rings (SSSR count). The van der Waals surface area contributed by atoms with Crippen LogP contribution >= 0.6 is 0 Å². The lowest BCUT2D eigenvalue weighted by molar-refractivity contribution is -0.420. The fourth-order valence-electron chi connectivity index (χ4n) is 3.38. The zero-order valence-electron chi connectivity index (χ0n) is 17.5. The van der Waals surface area contributed by atoms with E-state index in [4.69, 9.17) is 0 Å². The molecule has 0 atom stereocenters. The van der Waals surface area contributed by atoms with Crippen LogP contribution in [0.2, 0.25) is 0 Å². The zero-order chi connectivity index (χ0) is 20.8. The van der Waals surface area contributed by atoms with Gasteiger partial charge in [-0.2, -0.15) is 0 Å². The van der Waals surface area contributed by atoms with Crippen LogP contribution in [0, 0.1) is 6.92 Å². The Balaban J connectivity index is 1.42. The Hall–Kier alpha value is -3.66. The molecule has 0 radical (unpaired) electrons. The van der Waals surface area contributed by atoms with Gasteiger partial charge in [-0.05, 0) is 6.92 Å². The van der Waals surface area contributed by atoms with Crippen molar-refractivity contribution >= 4 is 39.9 Å². The molecule has 0 amide bonds. The van der Waals surface area contributed by atoms with Crippen LogP contribution < -0.4 is 20.0 Å². The van der Waals surface area contributed by atoms with Gasteiger partial charge >= 0.3 is 0 Å². The van der Waals surface area contributed by atoms with Crippen LogP contribution in [0.3, 0.4) is 0 Å². The summed E-state index contributed by atoms with van der Waals surface area (Å²) in [4.78, 5) is 13.6. The molecule has 0 spiro atoms. The molecule has 0 aromatic heterocycles. The summed E-state index contributed by atoms with van der Waals surface area (Å²) in [6.07, 6.45) is 14.7. The van der Waals surface area contributed by atoms with E-state index in [1.54, 1.807) is 0 Å². The minimum absolute atomic E-state index is 1.02. The fraction of sp³-hybridized carbons (Fsp3) is 0.154. The lowest BCUT2D eigenvalue weighted by atomic mass is 10.0. The molecule has 0 bridgehead atoms. The minimum Gasteiger partial charge on any atom is -0.248 e. The average Bonchev–Trinajstić information content (AvgIpc) is 2.78. The van der Waals surface area contributed by atoms with E-state index in [2.05, 4.69) is 112 Å². The van der Waals surface area contributed by atoms with Crippen LogP contribution in [0.4, 0.5) is 17.1 Å². The van der Waals surface area contributed by atoms with Gasteiger partial charge in [-0.1, -0.05) is 17.7 Å². The summed E-state index contributed by atoms with van der Waals surface area (Å²) < 4.78 is 0. The van der Waals surface area contributed by atoms with Crippen LogP contribution in [0.15, 0.2) is 85.0 Å². The molecule has 0 saturated carbocycles. The van der Waals surface area contributed by atoms with Gasteiger partial charge in [0.2, 0.25) is 28.5 Å². The van der Waals surface area contributed by atoms with Crippen molar-refractivity contribution in [2.75, 3.05) is 7.05 Å². The third-order valence-corrected chi connectivity index (χ3v) is 5.17. The first-order valence-electron chi connectivity index (χ1n) is 10.3. The molecule has 148 valence electrons. The van der Waals surface area contributed by atoms with Gasteiger partial charge in [-0.3, -0.25) is 0 Å². The van der Waals surface area contributed by atoms with Crippen molar-refractivity contribution in [1.29, 1.82) is 0 Å². The number of nitrogens with one attached hydrogen (secondary N) is 4. The third-order valence-electron chi connectivity index (χ3n) is 5.17. The highest BCUT2D eigenvalue weighted by Crippen LogP contribution is 2.05. The second-order valence-corrected chi connectivity index (χ2v) is 7.53. The number of aryl methyl sites for hydroxylation is 1. The van der Waals surface area contributed by atoms with Crippen molar-refractivity contribution in [3.63, 3.8) is 0 Å². The maximum atomic E-state index is 3.50. The van der Waals surface area contributed by atoms with E-state index in [1.807, 2.05) is 7.05 Å².